The molecule has 1 fully saturated rings. The Morgan fingerprint density at radius 1 is 1.44 bits per heavy atom. The molecule has 6 heteroatoms. The molecule has 0 spiro atoms. The molecule has 1 saturated carbocycles. The topological polar surface area (TPSA) is 84.1 Å². The summed E-state index contributed by atoms with van der Waals surface area (Å²) in [6.45, 7) is 0.763. The Kier molecular flexibility index (Phi) is 3.46. The van der Waals surface area contributed by atoms with Crippen LogP contribution in [0.3, 0.4) is 0 Å². The predicted molar refractivity (Wildman–Crippen MR) is 63.6 cm³/mol. The normalized spacial score (nSPS) is 15.1. The van der Waals surface area contributed by atoms with Gasteiger partial charge in [-0.2, -0.15) is 0 Å². The zero-order valence-electron chi connectivity index (χ0n) is 8.91. The second kappa shape index (κ2) is 4.84. The van der Waals surface area contributed by atoms with Crippen molar-refractivity contribution >= 4 is 23.1 Å². The van der Waals surface area contributed by atoms with E-state index < -0.39 is 0 Å². The van der Waals surface area contributed by atoms with E-state index in [0.29, 0.717) is 35.5 Å². The summed E-state index contributed by atoms with van der Waals surface area (Å²) in [5.41, 5.74) is 6.15. The number of aliphatic hydroxyl groups is 1. The summed E-state index contributed by atoms with van der Waals surface area (Å²) < 4.78 is 0. The largest absolute Gasteiger partial charge is 0.396 e. The Morgan fingerprint density at radius 2 is 2.19 bits per heavy atom. The summed E-state index contributed by atoms with van der Waals surface area (Å²) in [5.74, 6) is 1.79. The highest BCUT2D eigenvalue weighted by molar-refractivity contribution is 6.32. The summed E-state index contributed by atoms with van der Waals surface area (Å²) in [4.78, 5) is 8.52. The van der Waals surface area contributed by atoms with Crippen molar-refractivity contribution in [1.29, 1.82) is 0 Å². The highest BCUT2D eigenvalue weighted by Gasteiger charge is 2.28. The quantitative estimate of drug-likeness (QED) is 0.537. The van der Waals surface area contributed by atoms with Crippen molar-refractivity contribution in [2.75, 3.05) is 24.2 Å². The van der Waals surface area contributed by atoms with Crippen LogP contribution in [-0.4, -0.2) is 28.2 Å². The molecule has 1 aromatic rings. The fourth-order valence-electron chi connectivity index (χ4n) is 1.40. The van der Waals surface area contributed by atoms with Gasteiger partial charge in [-0.1, -0.05) is 11.6 Å². The van der Waals surface area contributed by atoms with E-state index >= 15 is 0 Å². The van der Waals surface area contributed by atoms with Crippen LogP contribution in [0.4, 0.5) is 11.5 Å². The molecule has 0 bridgehead atoms. The Balaban J connectivity index is 2.14. The summed E-state index contributed by atoms with van der Waals surface area (Å²) >= 11 is 5.94. The van der Waals surface area contributed by atoms with Gasteiger partial charge in [0.2, 0.25) is 0 Å². The predicted octanol–water partition coefficient (Wildman–Crippen LogP) is 1.38. The van der Waals surface area contributed by atoms with Crippen LogP contribution in [0.15, 0.2) is 0 Å². The first-order valence-electron chi connectivity index (χ1n) is 5.40. The van der Waals surface area contributed by atoms with Crippen molar-refractivity contribution in [3.8, 4) is 0 Å². The smallest absolute Gasteiger partial charge is 0.157 e. The van der Waals surface area contributed by atoms with Crippen LogP contribution in [0.1, 0.15) is 31.0 Å². The van der Waals surface area contributed by atoms with E-state index in [1.165, 1.54) is 0 Å². The van der Waals surface area contributed by atoms with Gasteiger partial charge in [-0.15, -0.1) is 0 Å². The lowest BCUT2D eigenvalue weighted by Gasteiger charge is -2.10. The second-order valence-corrected chi connectivity index (χ2v) is 4.27. The first kappa shape index (κ1) is 11.4. The molecule has 0 aromatic carbocycles. The van der Waals surface area contributed by atoms with Crippen LogP contribution in [-0.2, 0) is 0 Å². The minimum atomic E-state index is 0.140. The first-order chi connectivity index (χ1) is 7.72. The van der Waals surface area contributed by atoms with E-state index in [2.05, 4.69) is 15.3 Å². The van der Waals surface area contributed by atoms with Gasteiger partial charge in [0, 0.05) is 19.1 Å². The molecule has 16 heavy (non-hydrogen) atoms. The van der Waals surface area contributed by atoms with Crippen molar-refractivity contribution in [2.45, 2.75) is 25.2 Å². The van der Waals surface area contributed by atoms with Crippen LogP contribution in [0.2, 0.25) is 5.15 Å². The fraction of sp³-hybridized carbons (Fsp3) is 0.600. The third kappa shape index (κ3) is 2.54. The second-order valence-electron chi connectivity index (χ2n) is 3.91. The zero-order chi connectivity index (χ0) is 11.5. The van der Waals surface area contributed by atoms with Crippen LogP contribution in [0, 0.1) is 0 Å². The summed E-state index contributed by atoms with van der Waals surface area (Å²) in [6, 6.07) is 0. The third-order valence-electron chi connectivity index (χ3n) is 2.49. The van der Waals surface area contributed by atoms with Crippen LogP contribution < -0.4 is 11.1 Å². The maximum Gasteiger partial charge on any atom is 0.157 e. The van der Waals surface area contributed by atoms with Gasteiger partial charge < -0.3 is 16.2 Å². The molecule has 1 aromatic heterocycles. The van der Waals surface area contributed by atoms with E-state index in [9.17, 15) is 0 Å². The maximum atomic E-state index is 8.69. The van der Waals surface area contributed by atoms with Crippen molar-refractivity contribution < 1.29 is 5.11 Å². The number of halogens is 1. The molecule has 1 aliphatic rings. The lowest BCUT2D eigenvalue weighted by atomic mass is 10.3. The number of nitrogen functional groups attached to an aromatic ring is 1. The van der Waals surface area contributed by atoms with E-state index in [-0.39, 0.29) is 6.61 Å². The molecule has 0 unspecified atom stereocenters. The van der Waals surface area contributed by atoms with Crippen molar-refractivity contribution in [1.82, 2.24) is 9.97 Å². The number of hydrogen-bond acceptors (Lipinski definition) is 5. The van der Waals surface area contributed by atoms with E-state index in [0.717, 1.165) is 18.7 Å². The monoisotopic (exact) mass is 242 g/mol. The average Bonchev–Trinajstić information content (AvgIpc) is 3.08. The van der Waals surface area contributed by atoms with Crippen LogP contribution >= 0.6 is 11.6 Å². The lowest BCUT2D eigenvalue weighted by Crippen LogP contribution is -2.10. The molecule has 2 rings (SSSR count). The van der Waals surface area contributed by atoms with Crippen molar-refractivity contribution in [2.24, 2.45) is 0 Å². The van der Waals surface area contributed by atoms with Gasteiger partial charge in [0.05, 0.1) is 0 Å². The number of hydrogen-bond donors (Lipinski definition) is 3. The fourth-order valence-corrected chi connectivity index (χ4v) is 1.58. The number of anilines is 2. The highest BCUT2D eigenvalue weighted by Crippen LogP contribution is 2.40. The summed E-state index contributed by atoms with van der Waals surface area (Å²) in [7, 11) is 0. The van der Waals surface area contributed by atoms with Crippen LogP contribution in [0.5, 0.6) is 0 Å². The molecule has 1 aliphatic carbocycles. The standard InChI is InChI=1S/C10H15ClN4O/c11-8-7(12)10(13-4-1-5-16)15-9(14-8)6-2-3-6/h6,16H,1-5,12H2,(H,13,14,15). The molecule has 4 N–H and O–H groups in total. The number of aromatic nitrogens is 2. The van der Waals surface area contributed by atoms with Gasteiger partial charge in [-0.05, 0) is 19.3 Å². The number of aliphatic hydroxyl groups excluding tert-OH is 1. The molecule has 0 amide bonds. The molecule has 1 heterocycles. The highest BCUT2D eigenvalue weighted by atomic mass is 35.5. The van der Waals surface area contributed by atoms with Gasteiger partial charge in [-0.25, -0.2) is 9.97 Å². The SMILES string of the molecule is Nc1c(Cl)nc(C2CC2)nc1NCCCO. The minimum Gasteiger partial charge on any atom is -0.396 e. The lowest BCUT2D eigenvalue weighted by molar-refractivity contribution is 0.292. The maximum absolute atomic E-state index is 8.69. The van der Waals surface area contributed by atoms with E-state index in [4.69, 9.17) is 22.4 Å². The van der Waals surface area contributed by atoms with E-state index in [1.54, 1.807) is 0 Å². The Morgan fingerprint density at radius 3 is 2.81 bits per heavy atom. The summed E-state index contributed by atoms with van der Waals surface area (Å²) in [6.07, 6.45) is 2.90. The Bertz CT molecular complexity index is 381. The molecular formula is C10H15ClN4O. The van der Waals surface area contributed by atoms with Gasteiger partial charge in [0.1, 0.15) is 11.5 Å². The van der Waals surface area contributed by atoms with E-state index in [1.807, 2.05) is 0 Å². The van der Waals surface area contributed by atoms with Crippen molar-refractivity contribution in [3.63, 3.8) is 0 Å². The molecule has 5 nitrogen and oxygen atoms in total. The Labute approximate surface area is 99.0 Å². The van der Waals surface area contributed by atoms with Crippen molar-refractivity contribution in [3.05, 3.63) is 11.0 Å². The molecule has 0 radical (unpaired) electrons. The van der Waals surface area contributed by atoms with Gasteiger partial charge in [-0.3, -0.25) is 0 Å². The zero-order valence-corrected chi connectivity index (χ0v) is 9.67. The minimum absolute atomic E-state index is 0.140. The summed E-state index contributed by atoms with van der Waals surface area (Å²) in [5, 5.41) is 12.1. The van der Waals surface area contributed by atoms with Gasteiger partial charge >= 0.3 is 0 Å². The molecule has 88 valence electrons. The third-order valence-corrected chi connectivity index (χ3v) is 2.77. The van der Waals surface area contributed by atoms with Crippen LogP contribution in [0.25, 0.3) is 0 Å². The molecule has 0 saturated heterocycles. The van der Waals surface area contributed by atoms with Gasteiger partial charge in [0.25, 0.3) is 0 Å². The van der Waals surface area contributed by atoms with Gasteiger partial charge in [0.15, 0.2) is 11.0 Å². The number of rotatable bonds is 5. The molecule has 0 aliphatic heterocycles. The average molecular weight is 243 g/mol. The molecular weight excluding hydrogens is 228 g/mol. The Hall–Kier alpha value is -1.07. The number of nitrogens with zero attached hydrogens (tertiary/aromatic N) is 2. The number of nitrogens with one attached hydrogen (secondary N) is 1. The first-order valence-corrected chi connectivity index (χ1v) is 5.78. The number of nitrogens with two attached hydrogens (primary N) is 1. The molecule has 0 atom stereocenters.